The van der Waals surface area contributed by atoms with Gasteiger partial charge in [0.15, 0.2) is 5.82 Å². The van der Waals surface area contributed by atoms with E-state index in [2.05, 4.69) is 22.4 Å². The SMILES string of the molecule is CCCNC(C)c1nc(CSc2ccccc2Cl)no1. The molecule has 0 radical (unpaired) electrons. The highest BCUT2D eigenvalue weighted by molar-refractivity contribution is 7.98. The number of nitrogens with one attached hydrogen (secondary N) is 1. The maximum atomic E-state index is 6.11. The summed E-state index contributed by atoms with van der Waals surface area (Å²) in [5.74, 6) is 1.97. The van der Waals surface area contributed by atoms with Crippen LogP contribution >= 0.6 is 23.4 Å². The molecule has 108 valence electrons. The first-order valence-corrected chi connectivity index (χ1v) is 8.00. The predicted molar refractivity (Wildman–Crippen MR) is 82.0 cm³/mol. The minimum atomic E-state index is 0.0847. The van der Waals surface area contributed by atoms with E-state index in [1.807, 2.05) is 31.2 Å². The maximum absolute atomic E-state index is 6.11. The number of rotatable bonds is 7. The molecule has 0 amide bonds. The number of thioether (sulfide) groups is 1. The van der Waals surface area contributed by atoms with Crippen LogP contribution in [0.2, 0.25) is 5.02 Å². The standard InChI is InChI=1S/C14H18ClN3OS/c1-3-8-16-10(2)14-17-13(18-19-14)9-20-12-7-5-4-6-11(12)15/h4-7,10,16H,3,8-9H2,1-2H3. The van der Waals surface area contributed by atoms with Crippen molar-refractivity contribution in [2.75, 3.05) is 6.54 Å². The van der Waals surface area contributed by atoms with Crippen molar-refractivity contribution in [2.45, 2.75) is 37.0 Å². The summed E-state index contributed by atoms with van der Waals surface area (Å²) in [6.07, 6.45) is 1.08. The van der Waals surface area contributed by atoms with Crippen molar-refractivity contribution < 1.29 is 4.52 Å². The molecule has 4 nitrogen and oxygen atoms in total. The van der Waals surface area contributed by atoms with Crippen LogP contribution < -0.4 is 5.32 Å². The molecule has 0 spiro atoms. The van der Waals surface area contributed by atoms with E-state index in [1.165, 1.54) is 0 Å². The van der Waals surface area contributed by atoms with Crippen LogP contribution in [0.5, 0.6) is 0 Å². The molecule has 1 heterocycles. The van der Waals surface area contributed by atoms with E-state index < -0.39 is 0 Å². The number of benzene rings is 1. The number of halogens is 1. The first kappa shape index (κ1) is 15.4. The van der Waals surface area contributed by atoms with E-state index in [-0.39, 0.29) is 6.04 Å². The first-order chi connectivity index (χ1) is 9.70. The van der Waals surface area contributed by atoms with Crippen LogP contribution in [0.3, 0.4) is 0 Å². The smallest absolute Gasteiger partial charge is 0.243 e. The quantitative estimate of drug-likeness (QED) is 0.781. The average Bonchev–Trinajstić information content (AvgIpc) is 2.93. The molecule has 0 aliphatic carbocycles. The van der Waals surface area contributed by atoms with E-state index in [9.17, 15) is 0 Å². The lowest BCUT2D eigenvalue weighted by Gasteiger charge is -2.06. The molecule has 1 N–H and O–H groups in total. The van der Waals surface area contributed by atoms with Crippen molar-refractivity contribution in [3.8, 4) is 0 Å². The molecular weight excluding hydrogens is 294 g/mol. The van der Waals surface area contributed by atoms with Gasteiger partial charge in [-0.1, -0.05) is 35.8 Å². The lowest BCUT2D eigenvalue weighted by Crippen LogP contribution is -2.19. The lowest BCUT2D eigenvalue weighted by molar-refractivity contribution is 0.337. The molecular formula is C14H18ClN3OS. The minimum Gasteiger partial charge on any atom is -0.338 e. The van der Waals surface area contributed by atoms with Crippen LogP contribution in [0, 0.1) is 0 Å². The lowest BCUT2D eigenvalue weighted by atomic mass is 10.3. The molecule has 6 heteroatoms. The fraction of sp³-hybridized carbons (Fsp3) is 0.429. The summed E-state index contributed by atoms with van der Waals surface area (Å²) in [6.45, 7) is 5.08. The van der Waals surface area contributed by atoms with Gasteiger partial charge in [0.05, 0.1) is 16.8 Å². The van der Waals surface area contributed by atoms with Gasteiger partial charge in [-0.3, -0.25) is 0 Å². The molecule has 2 aromatic rings. The third-order valence-electron chi connectivity index (χ3n) is 2.75. The van der Waals surface area contributed by atoms with Gasteiger partial charge in [-0.2, -0.15) is 4.98 Å². The predicted octanol–water partition coefficient (Wildman–Crippen LogP) is 4.08. The molecule has 2 rings (SSSR count). The number of hydrogen-bond donors (Lipinski definition) is 1. The fourth-order valence-electron chi connectivity index (χ4n) is 1.65. The molecule has 0 saturated carbocycles. The summed E-state index contributed by atoms with van der Waals surface area (Å²) in [6, 6.07) is 7.83. The zero-order valence-electron chi connectivity index (χ0n) is 11.6. The summed E-state index contributed by atoms with van der Waals surface area (Å²) in [5.41, 5.74) is 0. The summed E-state index contributed by atoms with van der Waals surface area (Å²) in [4.78, 5) is 5.43. The maximum Gasteiger partial charge on any atom is 0.243 e. The second kappa shape index (κ2) is 7.67. The summed E-state index contributed by atoms with van der Waals surface area (Å²) < 4.78 is 5.27. The molecule has 0 aliphatic rings. The Kier molecular flexibility index (Phi) is 5.88. The topological polar surface area (TPSA) is 51.0 Å². The van der Waals surface area contributed by atoms with Gasteiger partial charge in [-0.15, -0.1) is 11.8 Å². The van der Waals surface area contributed by atoms with Gasteiger partial charge >= 0.3 is 0 Å². The first-order valence-electron chi connectivity index (χ1n) is 6.64. The molecule has 1 aromatic heterocycles. The van der Waals surface area contributed by atoms with E-state index in [1.54, 1.807) is 11.8 Å². The Morgan fingerprint density at radius 3 is 2.95 bits per heavy atom. The van der Waals surface area contributed by atoms with Crippen LogP contribution in [0.15, 0.2) is 33.7 Å². The van der Waals surface area contributed by atoms with Crippen molar-refractivity contribution in [3.05, 3.63) is 41.0 Å². The van der Waals surface area contributed by atoms with Crippen LogP contribution in [-0.2, 0) is 5.75 Å². The second-order valence-corrected chi connectivity index (χ2v) is 5.87. The Balaban J connectivity index is 1.91. The number of aromatic nitrogens is 2. The Labute approximate surface area is 128 Å². The van der Waals surface area contributed by atoms with Crippen LogP contribution in [0.4, 0.5) is 0 Å². The molecule has 1 unspecified atom stereocenters. The van der Waals surface area contributed by atoms with Gasteiger partial charge in [0, 0.05) is 4.90 Å². The Morgan fingerprint density at radius 1 is 1.40 bits per heavy atom. The van der Waals surface area contributed by atoms with E-state index in [4.69, 9.17) is 16.1 Å². The third-order valence-corrected chi connectivity index (χ3v) is 4.26. The third kappa shape index (κ3) is 4.23. The van der Waals surface area contributed by atoms with Crippen LogP contribution in [0.1, 0.15) is 38.0 Å². The van der Waals surface area contributed by atoms with Crippen molar-refractivity contribution in [3.63, 3.8) is 0 Å². The average molecular weight is 312 g/mol. The minimum absolute atomic E-state index is 0.0847. The van der Waals surface area contributed by atoms with E-state index in [0.29, 0.717) is 17.5 Å². The number of nitrogens with zero attached hydrogens (tertiary/aromatic N) is 2. The van der Waals surface area contributed by atoms with Crippen molar-refractivity contribution in [1.29, 1.82) is 0 Å². The molecule has 1 atom stereocenters. The number of hydrogen-bond acceptors (Lipinski definition) is 5. The fourth-order valence-corrected chi connectivity index (χ4v) is 2.74. The van der Waals surface area contributed by atoms with Crippen molar-refractivity contribution in [1.82, 2.24) is 15.5 Å². The molecule has 1 aromatic carbocycles. The van der Waals surface area contributed by atoms with Gasteiger partial charge in [0.1, 0.15) is 0 Å². The Bertz CT molecular complexity index is 547. The van der Waals surface area contributed by atoms with Gasteiger partial charge in [-0.25, -0.2) is 0 Å². The van der Waals surface area contributed by atoms with Gasteiger partial charge in [-0.05, 0) is 32.0 Å². The molecule has 20 heavy (non-hydrogen) atoms. The molecule has 0 aliphatic heterocycles. The van der Waals surface area contributed by atoms with Crippen molar-refractivity contribution >= 4 is 23.4 Å². The normalized spacial score (nSPS) is 12.6. The van der Waals surface area contributed by atoms with Crippen molar-refractivity contribution in [2.24, 2.45) is 0 Å². The molecule has 0 bridgehead atoms. The zero-order valence-corrected chi connectivity index (χ0v) is 13.2. The second-order valence-electron chi connectivity index (χ2n) is 4.44. The zero-order chi connectivity index (χ0) is 14.4. The molecule has 0 saturated heterocycles. The Morgan fingerprint density at radius 2 is 2.20 bits per heavy atom. The highest BCUT2D eigenvalue weighted by atomic mass is 35.5. The van der Waals surface area contributed by atoms with E-state index in [0.717, 1.165) is 22.9 Å². The molecule has 0 fully saturated rings. The summed E-state index contributed by atoms with van der Waals surface area (Å²) >= 11 is 7.71. The van der Waals surface area contributed by atoms with Gasteiger partial charge in [0.25, 0.3) is 0 Å². The van der Waals surface area contributed by atoms with Gasteiger partial charge < -0.3 is 9.84 Å². The monoisotopic (exact) mass is 311 g/mol. The summed E-state index contributed by atoms with van der Waals surface area (Å²) in [5, 5.41) is 8.07. The van der Waals surface area contributed by atoms with Crippen LogP contribution in [-0.4, -0.2) is 16.7 Å². The van der Waals surface area contributed by atoms with E-state index >= 15 is 0 Å². The van der Waals surface area contributed by atoms with Gasteiger partial charge in [0.2, 0.25) is 5.89 Å². The highest BCUT2D eigenvalue weighted by Crippen LogP contribution is 2.28. The Hall–Kier alpha value is -1.04. The van der Waals surface area contributed by atoms with Crippen LogP contribution in [0.25, 0.3) is 0 Å². The highest BCUT2D eigenvalue weighted by Gasteiger charge is 2.13. The summed E-state index contributed by atoms with van der Waals surface area (Å²) in [7, 11) is 0. The largest absolute Gasteiger partial charge is 0.338 e.